The Balaban J connectivity index is 1.31. The average molecular weight is 590 g/mol. The molecule has 1 aromatic carbocycles. The molecule has 0 aliphatic carbocycles. The summed E-state index contributed by atoms with van der Waals surface area (Å²) in [6, 6.07) is 7.01. The molecule has 4 heterocycles. The van der Waals surface area contributed by atoms with Gasteiger partial charge in [0, 0.05) is 47.5 Å². The molecule has 44 heavy (non-hydrogen) atoms. The van der Waals surface area contributed by atoms with E-state index in [4.69, 9.17) is 4.98 Å². The van der Waals surface area contributed by atoms with E-state index in [-0.39, 0.29) is 5.82 Å². The van der Waals surface area contributed by atoms with E-state index in [1.807, 2.05) is 51.5 Å². The molecule has 7 nitrogen and oxygen atoms in total. The van der Waals surface area contributed by atoms with Crippen molar-refractivity contribution in [2.45, 2.75) is 33.1 Å². The van der Waals surface area contributed by atoms with E-state index in [0.29, 0.717) is 28.4 Å². The normalized spacial score (nSPS) is 14.5. The minimum absolute atomic E-state index is 0.297. The summed E-state index contributed by atoms with van der Waals surface area (Å²) in [6.45, 7) is 18.9. The number of nitrogens with one attached hydrogen (secondary N) is 4. The van der Waals surface area contributed by atoms with Gasteiger partial charge in [-0.25, -0.2) is 9.37 Å². The SMILES string of the molecule is C=C(CC1CCNCC1)Nc1cncc(/C(C)=C/C=C(/NC)C(=C)C(=C)c2nc3c(-c4cc(C)cc(F)c4)cncc3[nH]2)c1. The molecular weight excluding hydrogens is 549 g/mol. The number of nitrogens with zero attached hydrogens (tertiary/aromatic N) is 3. The fourth-order valence-electron chi connectivity index (χ4n) is 5.54. The van der Waals surface area contributed by atoms with E-state index in [0.717, 1.165) is 69.9 Å². The molecule has 3 aromatic heterocycles. The highest BCUT2D eigenvalue weighted by molar-refractivity contribution is 5.93. The van der Waals surface area contributed by atoms with Crippen molar-refractivity contribution < 1.29 is 4.39 Å². The molecule has 226 valence electrons. The maximum absolute atomic E-state index is 14.2. The van der Waals surface area contributed by atoms with Crippen molar-refractivity contribution in [2.75, 3.05) is 25.5 Å². The minimum atomic E-state index is -0.297. The van der Waals surface area contributed by atoms with Crippen LogP contribution in [0.25, 0.3) is 33.3 Å². The van der Waals surface area contributed by atoms with Crippen molar-refractivity contribution in [3.63, 3.8) is 0 Å². The smallest absolute Gasteiger partial charge is 0.138 e. The molecule has 0 unspecified atom stereocenters. The lowest BCUT2D eigenvalue weighted by atomic mass is 9.93. The topological polar surface area (TPSA) is 90.6 Å². The Hall–Kier alpha value is -4.82. The van der Waals surface area contributed by atoms with Crippen molar-refractivity contribution in [3.8, 4) is 11.1 Å². The molecule has 0 saturated carbocycles. The number of rotatable bonds is 11. The summed E-state index contributed by atoms with van der Waals surface area (Å²) in [4.78, 5) is 16.9. The number of benzene rings is 1. The number of fused-ring (bicyclic) bond motifs is 1. The molecule has 0 radical (unpaired) electrons. The monoisotopic (exact) mass is 589 g/mol. The van der Waals surface area contributed by atoms with E-state index in [2.05, 4.69) is 56.7 Å². The molecule has 0 amide bonds. The number of aromatic amines is 1. The van der Waals surface area contributed by atoms with Crippen LogP contribution in [0.1, 0.15) is 43.1 Å². The van der Waals surface area contributed by atoms with E-state index >= 15 is 0 Å². The molecule has 4 N–H and O–H groups in total. The molecule has 1 saturated heterocycles. The summed E-state index contributed by atoms with van der Waals surface area (Å²) in [7, 11) is 1.85. The van der Waals surface area contributed by atoms with Gasteiger partial charge in [-0.05, 0) is 98.7 Å². The third-order valence-corrected chi connectivity index (χ3v) is 8.00. The highest BCUT2D eigenvalue weighted by Crippen LogP contribution is 2.31. The van der Waals surface area contributed by atoms with Gasteiger partial charge >= 0.3 is 0 Å². The van der Waals surface area contributed by atoms with Crippen molar-refractivity contribution in [3.05, 3.63) is 121 Å². The zero-order valence-corrected chi connectivity index (χ0v) is 25.7. The number of allylic oxidation sites excluding steroid dienone is 5. The van der Waals surface area contributed by atoms with Gasteiger partial charge in [0.05, 0.1) is 29.1 Å². The Bertz CT molecular complexity index is 1750. The van der Waals surface area contributed by atoms with Crippen LogP contribution in [0.15, 0.2) is 97.9 Å². The summed E-state index contributed by atoms with van der Waals surface area (Å²) < 4.78 is 14.2. The van der Waals surface area contributed by atoms with Crippen molar-refractivity contribution in [2.24, 2.45) is 5.92 Å². The molecule has 0 atom stereocenters. The first kappa shape index (κ1) is 30.6. The minimum Gasteiger partial charge on any atom is -0.388 e. The number of hydrogen-bond donors (Lipinski definition) is 4. The van der Waals surface area contributed by atoms with Crippen molar-refractivity contribution in [1.82, 2.24) is 30.6 Å². The number of aromatic nitrogens is 4. The van der Waals surface area contributed by atoms with Gasteiger partial charge in [-0.1, -0.05) is 31.9 Å². The fraction of sp³-hybridized carbons (Fsp3) is 0.250. The van der Waals surface area contributed by atoms with Gasteiger partial charge in [0.2, 0.25) is 0 Å². The first-order valence-electron chi connectivity index (χ1n) is 14.9. The van der Waals surface area contributed by atoms with Crippen LogP contribution >= 0.6 is 0 Å². The number of halogens is 1. The quantitative estimate of drug-likeness (QED) is 0.135. The Morgan fingerprint density at radius 2 is 1.80 bits per heavy atom. The van der Waals surface area contributed by atoms with Crippen LogP contribution in [0.2, 0.25) is 0 Å². The maximum atomic E-state index is 14.2. The molecule has 1 fully saturated rings. The van der Waals surface area contributed by atoms with Crippen LogP contribution in [0.4, 0.5) is 10.1 Å². The van der Waals surface area contributed by atoms with Crippen LogP contribution in [0, 0.1) is 18.7 Å². The third kappa shape index (κ3) is 7.21. The first-order chi connectivity index (χ1) is 21.2. The van der Waals surface area contributed by atoms with Crippen molar-refractivity contribution in [1.29, 1.82) is 0 Å². The number of likely N-dealkylation sites (N-methyl/N-ethyl adjacent to an activating group) is 1. The highest BCUT2D eigenvalue weighted by Gasteiger charge is 2.16. The van der Waals surface area contributed by atoms with E-state index in [1.165, 1.54) is 25.0 Å². The number of aryl methyl sites for hydroxylation is 1. The van der Waals surface area contributed by atoms with Crippen molar-refractivity contribution >= 4 is 27.9 Å². The van der Waals surface area contributed by atoms with Gasteiger partial charge in [-0.15, -0.1) is 0 Å². The Morgan fingerprint density at radius 3 is 2.55 bits per heavy atom. The standard InChI is InChI=1S/C36H40FN7/c1-22-13-28(16-30(37)14-22)32-20-41-21-34-35(32)44-36(43-34)26(5)25(4)33(38-6)8-7-23(2)29-17-31(19-40-18-29)42-24(3)15-27-9-11-39-12-10-27/h7-8,13-14,16-21,27,38-39,42H,3-5,9-12,15H2,1-2,6H3,(H,43,44)/b23-7+,33-8+. The van der Waals surface area contributed by atoms with Gasteiger partial charge in [0.1, 0.15) is 11.6 Å². The number of pyridine rings is 2. The molecule has 5 rings (SSSR count). The van der Waals surface area contributed by atoms with E-state index < -0.39 is 0 Å². The molecule has 4 aromatic rings. The lowest BCUT2D eigenvalue weighted by Crippen LogP contribution is -2.28. The number of piperidine rings is 1. The average Bonchev–Trinajstić information content (AvgIpc) is 3.45. The predicted octanol–water partition coefficient (Wildman–Crippen LogP) is 7.56. The second-order valence-corrected chi connectivity index (χ2v) is 11.4. The van der Waals surface area contributed by atoms with Crippen LogP contribution in [-0.2, 0) is 0 Å². The third-order valence-electron chi connectivity index (χ3n) is 8.00. The molecule has 1 aliphatic heterocycles. The van der Waals surface area contributed by atoms with E-state index in [9.17, 15) is 4.39 Å². The number of imidazole rings is 1. The Kier molecular flexibility index (Phi) is 9.50. The number of anilines is 1. The molecule has 1 aliphatic rings. The second kappa shape index (κ2) is 13.7. The second-order valence-electron chi connectivity index (χ2n) is 11.4. The summed E-state index contributed by atoms with van der Waals surface area (Å²) in [5.41, 5.74) is 9.84. The lowest BCUT2D eigenvalue weighted by Gasteiger charge is -2.23. The summed E-state index contributed by atoms with van der Waals surface area (Å²) in [5, 5.41) is 10.1. The van der Waals surface area contributed by atoms with Crippen LogP contribution in [0.3, 0.4) is 0 Å². The zero-order chi connectivity index (χ0) is 31.2. The Labute approximate surface area is 258 Å². The summed E-state index contributed by atoms with van der Waals surface area (Å²) in [6.07, 6.45) is 14.4. The molecule has 8 heteroatoms. The molecular formula is C36H40FN7. The fourth-order valence-corrected chi connectivity index (χ4v) is 5.54. The van der Waals surface area contributed by atoms with Gasteiger partial charge in [0.25, 0.3) is 0 Å². The van der Waals surface area contributed by atoms with Gasteiger partial charge in [-0.3, -0.25) is 9.97 Å². The zero-order valence-electron chi connectivity index (χ0n) is 25.7. The number of H-pyrrole nitrogens is 1. The van der Waals surface area contributed by atoms with Gasteiger partial charge in [-0.2, -0.15) is 0 Å². The largest absolute Gasteiger partial charge is 0.388 e. The number of hydrogen-bond acceptors (Lipinski definition) is 6. The predicted molar refractivity (Wildman–Crippen MR) is 180 cm³/mol. The lowest BCUT2D eigenvalue weighted by molar-refractivity contribution is 0.373. The van der Waals surface area contributed by atoms with Crippen LogP contribution in [-0.4, -0.2) is 40.1 Å². The summed E-state index contributed by atoms with van der Waals surface area (Å²) >= 11 is 0. The van der Waals surface area contributed by atoms with Gasteiger partial charge < -0.3 is 20.9 Å². The molecule has 0 spiro atoms. The van der Waals surface area contributed by atoms with Gasteiger partial charge in [0.15, 0.2) is 0 Å². The summed E-state index contributed by atoms with van der Waals surface area (Å²) in [5.74, 6) is 0.939. The molecule has 0 bridgehead atoms. The van der Waals surface area contributed by atoms with E-state index in [1.54, 1.807) is 12.4 Å². The first-order valence-corrected chi connectivity index (χ1v) is 14.9. The highest BCUT2D eigenvalue weighted by atomic mass is 19.1. The van der Waals surface area contributed by atoms with Crippen LogP contribution in [0.5, 0.6) is 0 Å². The maximum Gasteiger partial charge on any atom is 0.138 e. The van der Waals surface area contributed by atoms with Crippen LogP contribution < -0.4 is 16.0 Å². The Morgan fingerprint density at radius 1 is 1.02 bits per heavy atom.